The highest BCUT2D eigenvalue weighted by Crippen LogP contribution is 2.26. The smallest absolute Gasteiger partial charge is 0.160 e. The van der Waals surface area contributed by atoms with E-state index in [0.717, 1.165) is 4.90 Å². The molecule has 2 nitrogen and oxygen atoms in total. The minimum absolute atomic E-state index is 0.222. The summed E-state index contributed by atoms with van der Waals surface area (Å²) in [5.74, 6) is 0. The summed E-state index contributed by atoms with van der Waals surface area (Å²) in [5, 5.41) is 5.21. The molecule has 0 aliphatic rings. The molecule has 0 aliphatic carbocycles. The quantitative estimate of drug-likeness (QED) is 0.449. The van der Waals surface area contributed by atoms with Crippen LogP contribution in [0, 0.1) is 6.92 Å². The van der Waals surface area contributed by atoms with E-state index in [9.17, 15) is 0 Å². The summed E-state index contributed by atoms with van der Waals surface area (Å²) < 4.78 is 0. The summed E-state index contributed by atoms with van der Waals surface area (Å²) in [6.45, 7) is 2.04. The second-order valence-electron chi connectivity index (χ2n) is 4.01. The molecule has 0 atom stereocenters. The van der Waals surface area contributed by atoms with Gasteiger partial charge in [0.15, 0.2) is 5.17 Å². The minimum atomic E-state index is 0.222. The Balaban J connectivity index is 2.06. The Morgan fingerprint density at radius 1 is 1.05 bits per heavy atom. The first kappa shape index (κ1) is 15.5. The number of rotatable bonds is 4. The van der Waals surface area contributed by atoms with Crippen LogP contribution in [0.4, 0.5) is 0 Å². The third-order valence-corrected chi connectivity index (χ3v) is 4.09. The van der Waals surface area contributed by atoms with Gasteiger partial charge in [0, 0.05) is 16.8 Å². The SMILES string of the molecule is Cc1ccc(SN/N=C(\Cl)c2c(Cl)cccc2Cl)cc1. The zero-order valence-corrected chi connectivity index (χ0v) is 13.6. The Kier molecular flexibility index (Phi) is 5.61. The van der Waals surface area contributed by atoms with Crippen LogP contribution in [0.5, 0.6) is 0 Å². The molecule has 0 radical (unpaired) electrons. The van der Waals surface area contributed by atoms with Crippen LogP contribution in [-0.4, -0.2) is 5.17 Å². The molecule has 0 saturated heterocycles. The maximum atomic E-state index is 6.11. The summed E-state index contributed by atoms with van der Waals surface area (Å²) in [7, 11) is 0. The van der Waals surface area contributed by atoms with Gasteiger partial charge in [-0.15, -0.1) is 0 Å². The molecule has 0 heterocycles. The molecule has 1 N–H and O–H groups in total. The molecule has 104 valence electrons. The maximum Gasteiger partial charge on any atom is 0.160 e. The summed E-state index contributed by atoms with van der Waals surface area (Å²) in [5.41, 5.74) is 1.73. The Bertz CT molecular complexity index is 607. The van der Waals surface area contributed by atoms with Gasteiger partial charge in [-0.2, -0.15) is 5.10 Å². The van der Waals surface area contributed by atoms with E-state index in [0.29, 0.717) is 15.6 Å². The largest absolute Gasteiger partial charge is 0.246 e. The van der Waals surface area contributed by atoms with Crippen LogP contribution in [0.15, 0.2) is 52.5 Å². The monoisotopic (exact) mass is 344 g/mol. The van der Waals surface area contributed by atoms with E-state index in [-0.39, 0.29) is 5.17 Å². The van der Waals surface area contributed by atoms with Gasteiger partial charge in [0.05, 0.1) is 15.6 Å². The number of halogens is 3. The zero-order valence-electron chi connectivity index (χ0n) is 10.5. The van der Waals surface area contributed by atoms with E-state index < -0.39 is 0 Å². The highest BCUT2D eigenvalue weighted by atomic mass is 35.5. The Morgan fingerprint density at radius 2 is 1.65 bits per heavy atom. The standard InChI is InChI=1S/C14H11Cl3N2S/c1-9-5-7-10(8-6-9)20-19-18-14(17)13-11(15)3-2-4-12(13)16/h2-8,19H,1H3/b18-14-. The van der Waals surface area contributed by atoms with E-state index in [1.165, 1.54) is 17.5 Å². The van der Waals surface area contributed by atoms with Crippen molar-refractivity contribution in [2.45, 2.75) is 11.8 Å². The molecular formula is C14H11Cl3N2S. The molecule has 0 unspecified atom stereocenters. The number of nitrogens with zero attached hydrogens (tertiary/aromatic N) is 1. The predicted molar refractivity (Wildman–Crippen MR) is 89.0 cm³/mol. The van der Waals surface area contributed by atoms with Gasteiger partial charge in [-0.25, -0.2) is 4.83 Å². The van der Waals surface area contributed by atoms with Crippen LogP contribution >= 0.6 is 46.8 Å². The van der Waals surface area contributed by atoms with Crippen molar-refractivity contribution in [3.05, 3.63) is 63.6 Å². The number of benzene rings is 2. The van der Waals surface area contributed by atoms with E-state index in [1.54, 1.807) is 18.2 Å². The average Bonchev–Trinajstić information content (AvgIpc) is 2.41. The van der Waals surface area contributed by atoms with Crippen LogP contribution < -0.4 is 4.83 Å². The molecule has 0 saturated carbocycles. The minimum Gasteiger partial charge on any atom is -0.246 e. The van der Waals surface area contributed by atoms with Gasteiger partial charge in [-0.05, 0) is 31.2 Å². The van der Waals surface area contributed by atoms with Gasteiger partial charge in [-0.3, -0.25) is 0 Å². The second-order valence-corrected chi connectivity index (χ2v) is 6.04. The molecule has 0 fully saturated rings. The normalized spacial score (nSPS) is 11.5. The lowest BCUT2D eigenvalue weighted by atomic mass is 10.2. The van der Waals surface area contributed by atoms with Gasteiger partial charge in [-0.1, -0.05) is 58.6 Å². The Labute approximate surface area is 137 Å². The van der Waals surface area contributed by atoms with Gasteiger partial charge >= 0.3 is 0 Å². The molecule has 0 bridgehead atoms. The number of aryl methyl sites for hydroxylation is 1. The van der Waals surface area contributed by atoms with Crippen molar-refractivity contribution in [2.75, 3.05) is 0 Å². The van der Waals surface area contributed by atoms with Crippen molar-refractivity contribution in [1.82, 2.24) is 4.83 Å². The van der Waals surface area contributed by atoms with Crippen molar-refractivity contribution in [3.63, 3.8) is 0 Å². The van der Waals surface area contributed by atoms with Crippen LogP contribution in [0.25, 0.3) is 0 Å². The fourth-order valence-electron chi connectivity index (χ4n) is 1.47. The highest BCUT2D eigenvalue weighted by molar-refractivity contribution is 7.97. The van der Waals surface area contributed by atoms with Gasteiger partial charge in [0.1, 0.15) is 0 Å². The first-order valence-electron chi connectivity index (χ1n) is 5.74. The van der Waals surface area contributed by atoms with Crippen molar-refractivity contribution in [1.29, 1.82) is 0 Å². The summed E-state index contributed by atoms with van der Waals surface area (Å²) >= 11 is 19.6. The van der Waals surface area contributed by atoms with E-state index in [1.807, 2.05) is 31.2 Å². The van der Waals surface area contributed by atoms with Crippen molar-refractivity contribution in [2.24, 2.45) is 5.10 Å². The van der Waals surface area contributed by atoms with E-state index in [4.69, 9.17) is 34.8 Å². The first-order valence-corrected chi connectivity index (χ1v) is 7.69. The van der Waals surface area contributed by atoms with Crippen LogP contribution in [0.2, 0.25) is 10.0 Å². The Morgan fingerprint density at radius 3 is 2.25 bits per heavy atom. The number of nitrogens with one attached hydrogen (secondary N) is 1. The maximum absolute atomic E-state index is 6.11. The van der Waals surface area contributed by atoms with Crippen molar-refractivity contribution in [3.8, 4) is 0 Å². The lowest BCUT2D eigenvalue weighted by Crippen LogP contribution is -2.01. The molecule has 0 aromatic heterocycles. The first-order chi connectivity index (χ1) is 9.58. The predicted octanol–water partition coefficient (Wildman–Crippen LogP) is 5.50. The number of hydrazone groups is 1. The molecular weight excluding hydrogens is 335 g/mol. The highest BCUT2D eigenvalue weighted by Gasteiger charge is 2.10. The van der Waals surface area contributed by atoms with E-state index >= 15 is 0 Å². The molecule has 0 aliphatic heterocycles. The lowest BCUT2D eigenvalue weighted by Gasteiger charge is -2.05. The van der Waals surface area contributed by atoms with Gasteiger partial charge < -0.3 is 0 Å². The lowest BCUT2D eigenvalue weighted by molar-refractivity contribution is 1.11. The van der Waals surface area contributed by atoms with Crippen LogP contribution in [0.3, 0.4) is 0 Å². The summed E-state index contributed by atoms with van der Waals surface area (Å²) in [6.07, 6.45) is 0. The molecule has 2 aromatic carbocycles. The zero-order chi connectivity index (χ0) is 14.5. The third-order valence-electron chi connectivity index (χ3n) is 2.50. The average molecular weight is 346 g/mol. The van der Waals surface area contributed by atoms with Gasteiger partial charge in [0.2, 0.25) is 0 Å². The molecule has 0 amide bonds. The summed E-state index contributed by atoms with van der Waals surface area (Å²) in [6, 6.07) is 13.2. The van der Waals surface area contributed by atoms with Crippen LogP contribution in [-0.2, 0) is 0 Å². The van der Waals surface area contributed by atoms with Crippen LogP contribution in [0.1, 0.15) is 11.1 Å². The topological polar surface area (TPSA) is 24.4 Å². The third kappa shape index (κ3) is 4.06. The number of hydrogen-bond donors (Lipinski definition) is 1. The fraction of sp³-hybridized carbons (Fsp3) is 0.0714. The molecule has 2 aromatic rings. The molecule has 0 spiro atoms. The molecule has 20 heavy (non-hydrogen) atoms. The molecule has 2 rings (SSSR count). The van der Waals surface area contributed by atoms with E-state index in [2.05, 4.69) is 9.93 Å². The van der Waals surface area contributed by atoms with Crippen molar-refractivity contribution < 1.29 is 0 Å². The van der Waals surface area contributed by atoms with Crippen molar-refractivity contribution >= 4 is 51.9 Å². The Hall–Kier alpha value is -0.870. The molecule has 6 heteroatoms. The summed E-state index contributed by atoms with van der Waals surface area (Å²) in [4.78, 5) is 3.87. The van der Waals surface area contributed by atoms with Gasteiger partial charge in [0.25, 0.3) is 0 Å². The fourth-order valence-corrected chi connectivity index (χ4v) is 2.96. The number of hydrogen-bond acceptors (Lipinski definition) is 3. The second kappa shape index (κ2) is 7.23.